The molecule has 7 N–H and O–H groups in total. The minimum atomic E-state index is -2.77. The summed E-state index contributed by atoms with van der Waals surface area (Å²) in [4.78, 5) is 40.9. The van der Waals surface area contributed by atoms with Crippen LogP contribution < -0.4 is 16.0 Å². The average molecular weight is 505 g/mol. The molecule has 2 aromatic carbocycles. The lowest BCUT2D eigenvalue weighted by atomic mass is 9.85. The predicted octanol–water partition coefficient (Wildman–Crippen LogP) is -1.40. The Hall–Kier alpha value is -4.49. The van der Waals surface area contributed by atoms with E-state index in [0.717, 1.165) is 4.90 Å². The second-order valence-electron chi connectivity index (χ2n) is 9.35. The summed E-state index contributed by atoms with van der Waals surface area (Å²) in [6.45, 7) is -0.489. The topological polar surface area (TPSA) is 191 Å². The zero-order valence-electron chi connectivity index (χ0n) is 19.3. The third-order valence-corrected chi connectivity index (χ3v) is 7.36. The number of nitrogens with zero attached hydrogens (tertiary/aromatic N) is 2. The number of benzene rings is 2. The Morgan fingerprint density at radius 2 is 1.62 bits per heavy atom. The van der Waals surface area contributed by atoms with Gasteiger partial charge in [0.1, 0.15) is 0 Å². The molecule has 4 aliphatic rings. The van der Waals surface area contributed by atoms with Crippen molar-refractivity contribution < 1.29 is 29.3 Å². The van der Waals surface area contributed by atoms with Crippen molar-refractivity contribution in [2.45, 2.75) is 29.6 Å². The first kappa shape index (κ1) is 22.9. The monoisotopic (exact) mass is 505 g/mol. The number of carbonyl (C=O) groups is 3. The van der Waals surface area contributed by atoms with Crippen molar-refractivity contribution >= 4 is 29.7 Å². The number of nitrogens with one attached hydrogen (secondary N) is 5. The number of carbonyl (C=O) groups excluding carboxylic acids is 3. The van der Waals surface area contributed by atoms with Crippen molar-refractivity contribution in [1.82, 2.24) is 25.8 Å². The number of aliphatic hydroxyl groups is 2. The minimum Gasteiger partial charge on any atom is -0.451 e. The number of hydrogen-bond acceptors (Lipinski definition) is 8. The first-order valence-electron chi connectivity index (χ1n) is 11.6. The van der Waals surface area contributed by atoms with E-state index in [1.807, 2.05) is 0 Å². The Labute approximate surface area is 210 Å². The van der Waals surface area contributed by atoms with Gasteiger partial charge >= 0.3 is 5.97 Å². The number of guanidine groups is 2. The van der Waals surface area contributed by atoms with E-state index < -0.39 is 47.4 Å². The highest BCUT2D eigenvalue weighted by molar-refractivity contribution is 6.21. The molecule has 4 heterocycles. The highest BCUT2D eigenvalue weighted by Gasteiger charge is 2.75. The van der Waals surface area contributed by atoms with Gasteiger partial charge in [0.2, 0.25) is 5.79 Å². The third kappa shape index (κ3) is 3.07. The van der Waals surface area contributed by atoms with Crippen LogP contribution in [-0.4, -0.2) is 92.4 Å². The van der Waals surface area contributed by atoms with E-state index in [9.17, 15) is 24.6 Å². The van der Waals surface area contributed by atoms with Crippen LogP contribution in [0.5, 0.6) is 0 Å². The fourth-order valence-corrected chi connectivity index (χ4v) is 5.64. The van der Waals surface area contributed by atoms with E-state index in [2.05, 4.69) is 16.0 Å². The Morgan fingerprint density at radius 3 is 2.27 bits per heavy atom. The maximum Gasteiger partial charge on any atom is 0.338 e. The van der Waals surface area contributed by atoms with Crippen molar-refractivity contribution in [2.24, 2.45) is 0 Å². The Kier molecular flexibility index (Phi) is 4.81. The largest absolute Gasteiger partial charge is 0.451 e. The lowest BCUT2D eigenvalue weighted by molar-refractivity contribution is -0.258. The Balaban J connectivity index is 1.31. The van der Waals surface area contributed by atoms with E-state index >= 15 is 0 Å². The van der Waals surface area contributed by atoms with E-state index in [1.54, 1.807) is 42.5 Å². The van der Waals surface area contributed by atoms with Crippen LogP contribution in [0.25, 0.3) is 0 Å². The molecule has 2 amide bonds. The summed E-state index contributed by atoms with van der Waals surface area (Å²) in [5.74, 6) is -5.09. The first-order valence-corrected chi connectivity index (χ1v) is 11.6. The number of amides is 2. The predicted molar refractivity (Wildman–Crippen MR) is 126 cm³/mol. The van der Waals surface area contributed by atoms with Crippen LogP contribution in [0.2, 0.25) is 0 Å². The van der Waals surface area contributed by atoms with E-state index in [0.29, 0.717) is 0 Å². The van der Waals surface area contributed by atoms with Crippen LogP contribution in [0.15, 0.2) is 54.6 Å². The molecular formula is C24H23N7O6. The third-order valence-electron chi connectivity index (χ3n) is 7.36. The quantitative estimate of drug-likeness (QED) is 0.148. The summed E-state index contributed by atoms with van der Waals surface area (Å²) in [7, 11) is 0. The maximum absolute atomic E-state index is 13.0. The fraction of sp³-hybridized carbons (Fsp3) is 0.292. The molecule has 13 nitrogen and oxygen atoms in total. The van der Waals surface area contributed by atoms with Crippen molar-refractivity contribution in [3.8, 4) is 0 Å². The lowest BCUT2D eigenvalue weighted by Gasteiger charge is -2.51. The van der Waals surface area contributed by atoms with Gasteiger partial charge in [-0.05, 0) is 24.3 Å². The van der Waals surface area contributed by atoms with Crippen LogP contribution in [0.1, 0.15) is 31.1 Å². The summed E-state index contributed by atoms with van der Waals surface area (Å²) in [6, 6.07) is 12.5. The molecule has 3 fully saturated rings. The maximum atomic E-state index is 13.0. The molecule has 0 saturated carbocycles. The van der Waals surface area contributed by atoms with Crippen molar-refractivity contribution in [3.05, 3.63) is 71.3 Å². The molecular weight excluding hydrogens is 482 g/mol. The van der Waals surface area contributed by atoms with Crippen LogP contribution in [0.3, 0.4) is 0 Å². The van der Waals surface area contributed by atoms with E-state index in [-0.39, 0.29) is 41.7 Å². The standard InChI is InChI=1S/C24H23N7O6/c25-21-28-17-15(10-30-18(32)13-8-4-5-9-14(13)19(30)33)27-22(26)31-11-16(24(35,36)23(17,31)29-21)37-20(34)12-6-2-1-3-7-12/h1-9,15-17,35-36H,10-11H2,(H2,26,27)(H3,25,28,29)/t15-,16-,17-,23-/m0/s1. The molecule has 0 radical (unpaired) electrons. The molecule has 1 spiro atoms. The molecule has 3 saturated heterocycles. The molecule has 4 atom stereocenters. The van der Waals surface area contributed by atoms with Gasteiger partial charge in [-0.15, -0.1) is 0 Å². The molecule has 0 bridgehead atoms. The first-order chi connectivity index (χ1) is 17.6. The van der Waals surface area contributed by atoms with Crippen LogP contribution >= 0.6 is 0 Å². The number of esters is 1. The summed E-state index contributed by atoms with van der Waals surface area (Å²) < 4.78 is 5.47. The van der Waals surface area contributed by atoms with Crippen LogP contribution in [0.4, 0.5) is 0 Å². The van der Waals surface area contributed by atoms with Gasteiger partial charge in [0.05, 0.1) is 41.9 Å². The highest BCUT2D eigenvalue weighted by Crippen LogP contribution is 2.44. The number of imide groups is 1. The average Bonchev–Trinajstić information content (AvgIpc) is 3.44. The summed E-state index contributed by atoms with van der Waals surface area (Å²) in [5.41, 5.74) is -1.18. The second-order valence-corrected chi connectivity index (χ2v) is 9.35. The van der Waals surface area contributed by atoms with Crippen molar-refractivity contribution in [1.29, 1.82) is 10.8 Å². The van der Waals surface area contributed by atoms with Gasteiger partial charge in [0.15, 0.2) is 23.7 Å². The van der Waals surface area contributed by atoms with Crippen molar-refractivity contribution in [3.63, 3.8) is 0 Å². The number of ether oxygens (including phenoxy) is 1. The molecule has 0 aliphatic carbocycles. The molecule has 4 aliphatic heterocycles. The molecule has 0 unspecified atom stereocenters. The smallest absolute Gasteiger partial charge is 0.338 e. The fourth-order valence-electron chi connectivity index (χ4n) is 5.64. The van der Waals surface area contributed by atoms with E-state index in [4.69, 9.17) is 15.6 Å². The SMILES string of the molecule is N=C1N[C@H]2[C@H](CN3C(=O)c4ccccc4C3=O)NC(=N)N3C[C@H](OC(=O)c4ccccc4)C(O)(O)[C@]23N1. The van der Waals surface area contributed by atoms with Crippen LogP contribution in [0, 0.1) is 10.8 Å². The summed E-state index contributed by atoms with van der Waals surface area (Å²) in [6.07, 6.45) is -1.50. The van der Waals surface area contributed by atoms with Crippen LogP contribution in [-0.2, 0) is 4.74 Å². The molecule has 6 rings (SSSR count). The molecule has 13 heteroatoms. The zero-order valence-corrected chi connectivity index (χ0v) is 19.3. The summed E-state index contributed by atoms with van der Waals surface area (Å²) >= 11 is 0. The summed E-state index contributed by atoms with van der Waals surface area (Å²) in [5, 5.41) is 48.2. The van der Waals surface area contributed by atoms with Gasteiger partial charge in [-0.25, -0.2) is 4.79 Å². The molecule has 37 heavy (non-hydrogen) atoms. The molecule has 2 aromatic rings. The van der Waals surface area contributed by atoms with E-state index in [1.165, 1.54) is 17.0 Å². The van der Waals surface area contributed by atoms with Gasteiger partial charge < -0.3 is 35.8 Å². The molecule has 190 valence electrons. The number of hydrogen-bond donors (Lipinski definition) is 7. The highest BCUT2D eigenvalue weighted by atomic mass is 16.6. The van der Waals surface area contributed by atoms with Gasteiger partial charge in [0.25, 0.3) is 11.8 Å². The van der Waals surface area contributed by atoms with Crippen molar-refractivity contribution in [2.75, 3.05) is 13.1 Å². The Morgan fingerprint density at radius 1 is 1.00 bits per heavy atom. The lowest BCUT2D eigenvalue weighted by Crippen LogP contribution is -2.81. The normalized spacial score (nSPS) is 29.2. The van der Waals surface area contributed by atoms with Gasteiger partial charge in [-0.1, -0.05) is 30.3 Å². The molecule has 0 aromatic heterocycles. The van der Waals surface area contributed by atoms with Gasteiger partial charge in [-0.3, -0.25) is 25.3 Å². The number of fused-ring (bicyclic) bond motifs is 1. The zero-order chi connectivity index (χ0) is 26.1. The Bertz CT molecular complexity index is 1330. The number of rotatable bonds is 4. The second kappa shape index (κ2) is 7.75. The minimum absolute atomic E-state index is 0.208. The van der Waals surface area contributed by atoms with Gasteiger partial charge in [-0.2, -0.15) is 0 Å². The van der Waals surface area contributed by atoms with Gasteiger partial charge in [0, 0.05) is 0 Å².